The maximum absolute atomic E-state index is 12.5. The minimum absolute atomic E-state index is 0.0853. The maximum atomic E-state index is 12.5. The molecule has 2 aromatic rings. The average molecular weight is 330 g/mol. The Morgan fingerprint density at radius 1 is 1.22 bits per heavy atom. The van der Waals surface area contributed by atoms with E-state index in [-0.39, 0.29) is 17.6 Å². The molecular formula is C18H16ClNO3. The first-order valence-electron chi connectivity index (χ1n) is 7.36. The number of Topliss-reactive ketones (excluding diaryl/α,β-unsaturated/α-hetero) is 1. The molecule has 1 aliphatic heterocycles. The monoisotopic (exact) mass is 329 g/mol. The molecule has 0 aliphatic carbocycles. The van der Waals surface area contributed by atoms with Gasteiger partial charge in [0.1, 0.15) is 12.4 Å². The second-order valence-electron chi connectivity index (χ2n) is 5.56. The van der Waals surface area contributed by atoms with Crippen LogP contribution in [0.1, 0.15) is 22.8 Å². The molecule has 0 spiro atoms. The van der Waals surface area contributed by atoms with E-state index in [1.165, 1.54) is 6.92 Å². The highest BCUT2D eigenvalue weighted by atomic mass is 35.5. The predicted molar refractivity (Wildman–Crippen MR) is 89.2 cm³/mol. The van der Waals surface area contributed by atoms with E-state index in [0.717, 1.165) is 11.3 Å². The van der Waals surface area contributed by atoms with Crippen LogP contribution in [0.2, 0.25) is 5.02 Å². The lowest BCUT2D eigenvalue weighted by Crippen LogP contribution is -2.33. The van der Waals surface area contributed by atoms with Gasteiger partial charge in [-0.1, -0.05) is 23.7 Å². The van der Waals surface area contributed by atoms with Gasteiger partial charge < -0.3 is 10.1 Å². The summed E-state index contributed by atoms with van der Waals surface area (Å²) in [6.07, 6.45) is 0.559. The predicted octanol–water partition coefficient (Wildman–Crippen LogP) is 3.73. The van der Waals surface area contributed by atoms with Gasteiger partial charge in [0.05, 0.1) is 11.6 Å². The van der Waals surface area contributed by atoms with Crippen LogP contribution in [0.25, 0.3) is 0 Å². The van der Waals surface area contributed by atoms with Crippen LogP contribution >= 0.6 is 11.6 Å². The number of para-hydroxylation sites is 1. The summed E-state index contributed by atoms with van der Waals surface area (Å²) in [7, 11) is 0. The van der Waals surface area contributed by atoms with Crippen molar-refractivity contribution in [2.75, 3.05) is 11.9 Å². The number of carbonyl (C=O) groups excluding carboxylic acids is 2. The molecule has 1 amide bonds. The number of fused-ring (bicyclic) bond motifs is 1. The molecule has 0 aromatic heterocycles. The maximum Gasteiger partial charge on any atom is 0.231 e. The standard InChI is InChI=1S/C18H16ClNO3/c1-11(21)15-4-2-3-5-16(15)20-18(22)13-8-12-9-14(19)6-7-17(12)23-10-13/h2-7,9,13H,8,10H2,1H3,(H,20,22). The average Bonchev–Trinajstić information content (AvgIpc) is 2.54. The molecule has 1 unspecified atom stereocenters. The minimum Gasteiger partial charge on any atom is -0.492 e. The molecule has 1 aliphatic rings. The molecule has 23 heavy (non-hydrogen) atoms. The molecule has 0 fully saturated rings. The van der Waals surface area contributed by atoms with Crippen LogP contribution in [-0.4, -0.2) is 18.3 Å². The highest BCUT2D eigenvalue weighted by Gasteiger charge is 2.26. The van der Waals surface area contributed by atoms with Crippen LogP contribution in [0, 0.1) is 5.92 Å². The number of nitrogens with one attached hydrogen (secondary N) is 1. The number of rotatable bonds is 3. The van der Waals surface area contributed by atoms with Crippen LogP contribution in [-0.2, 0) is 11.2 Å². The fourth-order valence-corrected chi connectivity index (χ4v) is 2.86. The van der Waals surface area contributed by atoms with Crippen molar-refractivity contribution in [3.63, 3.8) is 0 Å². The van der Waals surface area contributed by atoms with Gasteiger partial charge in [-0.2, -0.15) is 0 Å². The van der Waals surface area contributed by atoms with Crippen LogP contribution in [0.5, 0.6) is 5.75 Å². The molecule has 0 bridgehead atoms. The van der Waals surface area contributed by atoms with E-state index in [9.17, 15) is 9.59 Å². The number of amides is 1. The Balaban J connectivity index is 1.76. The van der Waals surface area contributed by atoms with Crippen molar-refractivity contribution in [1.82, 2.24) is 0 Å². The van der Waals surface area contributed by atoms with Crippen molar-refractivity contribution in [3.05, 3.63) is 58.6 Å². The number of hydrogen-bond donors (Lipinski definition) is 1. The van der Waals surface area contributed by atoms with E-state index in [4.69, 9.17) is 16.3 Å². The summed E-state index contributed by atoms with van der Waals surface area (Å²) in [5.74, 6) is 0.200. The zero-order valence-corrected chi connectivity index (χ0v) is 13.4. The van der Waals surface area contributed by atoms with Crippen LogP contribution in [0.15, 0.2) is 42.5 Å². The summed E-state index contributed by atoms with van der Waals surface area (Å²) in [4.78, 5) is 24.1. The van der Waals surface area contributed by atoms with Crippen molar-refractivity contribution in [1.29, 1.82) is 0 Å². The van der Waals surface area contributed by atoms with Gasteiger partial charge in [0.2, 0.25) is 5.91 Å². The summed E-state index contributed by atoms with van der Waals surface area (Å²) in [6, 6.07) is 12.4. The van der Waals surface area contributed by atoms with Crippen molar-refractivity contribution >= 4 is 29.0 Å². The van der Waals surface area contributed by atoms with E-state index in [0.29, 0.717) is 29.3 Å². The Bertz CT molecular complexity index is 773. The first-order valence-corrected chi connectivity index (χ1v) is 7.74. The molecule has 118 valence electrons. The lowest BCUT2D eigenvalue weighted by molar-refractivity contribution is -0.121. The van der Waals surface area contributed by atoms with Crippen molar-refractivity contribution in [2.24, 2.45) is 5.92 Å². The van der Waals surface area contributed by atoms with Gasteiger partial charge >= 0.3 is 0 Å². The van der Waals surface area contributed by atoms with E-state index < -0.39 is 0 Å². The molecule has 1 N–H and O–H groups in total. The van der Waals surface area contributed by atoms with Crippen LogP contribution in [0.4, 0.5) is 5.69 Å². The molecular weight excluding hydrogens is 314 g/mol. The van der Waals surface area contributed by atoms with Gasteiger partial charge in [0.15, 0.2) is 5.78 Å². The summed E-state index contributed by atoms with van der Waals surface area (Å²) in [6.45, 7) is 1.79. The fraction of sp³-hybridized carbons (Fsp3) is 0.222. The Morgan fingerprint density at radius 2 is 2.00 bits per heavy atom. The zero-order chi connectivity index (χ0) is 16.4. The quantitative estimate of drug-likeness (QED) is 0.873. The SMILES string of the molecule is CC(=O)c1ccccc1NC(=O)C1COc2ccc(Cl)cc2C1. The number of halogens is 1. The number of ether oxygens (including phenoxy) is 1. The summed E-state index contributed by atoms with van der Waals surface area (Å²) in [5.41, 5.74) is 1.95. The van der Waals surface area contributed by atoms with E-state index >= 15 is 0 Å². The van der Waals surface area contributed by atoms with Crippen molar-refractivity contribution in [2.45, 2.75) is 13.3 Å². The third-order valence-corrected chi connectivity index (χ3v) is 4.10. The largest absolute Gasteiger partial charge is 0.492 e. The van der Waals surface area contributed by atoms with E-state index in [1.807, 2.05) is 12.1 Å². The Kier molecular flexibility index (Phi) is 4.35. The molecule has 1 heterocycles. The normalized spacial score (nSPS) is 16.2. The first kappa shape index (κ1) is 15.6. The Hall–Kier alpha value is -2.33. The van der Waals surface area contributed by atoms with Crippen LogP contribution in [0.3, 0.4) is 0 Å². The molecule has 4 nitrogen and oxygen atoms in total. The van der Waals surface area contributed by atoms with Gasteiger partial charge in [-0.15, -0.1) is 0 Å². The lowest BCUT2D eigenvalue weighted by atomic mass is 9.95. The number of anilines is 1. The molecule has 1 atom stereocenters. The molecule has 3 rings (SSSR count). The second-order valence-corrected chi connectivity index (χ2v) is 5.99. The summed E-state index contributed by atoms with van der Waals surface area (Å²) in [5, 5.41) is 3.45. The van der Waals surface area contributed by atoms with Gasteiger partial charge in [0, 0.05) is 10.6 Å². The number of ketones is 1. The molecule has 0 saturated carbocycles. The lowest BCUT2D eigenvalue weighted by Gasteiger charge is -2.25. The van der Waals surface area contributed by atoms with Gasteiger partial charge in [-0.05, 0) is 49.2 Å². The van der Waals surface area contributed by atoms with Crippen LogP contribution < -0.4 is 10.1 Å². The topological polar surface area (TPSA) is 55.4 Å². The summed E-state index contributed by atoms with van der Waals surface area (Å²) < 4.78 is 5.64. The second kappa shape index (κ2) is 6.42. The summed E-state index contributed by atoms with van der Waals surface area (Å²) >= 11 is 6.00. The number of hydrogen-bond acceptors (Lipinski definition) is 3. The van der Waals surface area contributed by atoms with Crippen molar-refractivity contribution < 1.29 is 14.3 Å². The fourth-order valence-electron chi connectivity index (χ4n) is 2.67. The Morgan fingerprint density at radius 3 is 2.78 bits per heavy atom. The number of benzene rings is 2. The molecule has 0 saturated heterocycles. The molecule has 5 heteroatoms. The van der Waals surface area contributed by atoms with Crippen molar-refractivity contribution in [3.8, 4) is 5.75 Å². The Labute approximate surface area is 139 Å². The molecule has 0 radical (unpaired) electrons. The molecule has 2 aromatic carbocycles. The van der Waals surface area contributed by atoms with Gasteiger partial charge in [-0.3, -0.25) is 9.59 Å². The first-order chi connectivity index (χ1) is 11.0. The minimum atomic E-state index is -0.319. The van der Waals surface area contributed by atoms with Gasteiger partial charge in [0.25, 0.3) is 0 Å². The number of carbonyl (C=O) groups is 2. The highest BCUT2D eigenvalue weighted by molar-refractivity contribution is 6.30. The highest BCUT2D eigenvalue weighted by Crippen LogP contribution is 2.30. The zero-order valence-electron chi connectivity index (χ0n) is 12.6. The third-order valence-electron chi connectivity index (χ3n) is 3.86. The van der Waals surface area contributed by atoms with E-state index in [2.05, 4.69) is 5.32 Å². The van der Waals surface area contributed by atoms with E-state index in [1.54, 1.807) is 30.3 Å². The smallest absolute Gasteiger partial charge is 0.231 e. The van der Waals surface area contributed by atoms with Gasteiger partial charge in [-0.25, -0.2) is 0 Å². The third kappa shape index (κ3) is 3.37.